The number of fused-ring (bicyclic) bond motifs is 6. The summed E-state index contributed by atoms with van der Waals surface area (Å²) in [4.78, 5) is 4.65. The molecule has 1 aromatic heterocycles. The molecule has 2 nitrogen and oxygen atoms in total. The highest BCUT2D eigenvalue weighted by molar-refractivity contribution is 6.23. The van der Waals surface area contributed by atoms with E-state index in [0.717, 1.165) is 10.9 Å². The van der Waals surface area contributed by atoms with Gasteiger partial charge in [-0.25, -0.2) is 0 Å². The molecule has 1 aliphatic rings. The first-order valence-electron chi connectivity index (χ1n) is 14.0. The minimum Gasteiger partial charge on any atom is -0.256 e. The second-order valence-electron chi connectivity index (χ2n) is 11.5. The molecule has 0 aliphatic heterocycles. The van der Waals surface area contributed by atoms with Crippen LogP contribution >= 0.6 is 0 Å². The number of aromatic nitrogens is 1. The number of nitrogens with zero attached hydrogens (tertiary/aromatic N) is 2. The fraction of sp³-hybridized carbons (Fsp3) is 0.0769. The van der Waals surface area contributed by atoms with Crippen LogP contribution in [-0.2, 0) is 5.41 Å². The van der Waals surface area contributed by atoms with Gasteiger partial charge >= 0.3 is 0 Å². The van der Waals surface area contributed by atoms with Crippen molar-refractivity contribution in [3.8, 4) is 39.4 Å². The SMILES string of the molecule is CC1(C)c2cc(C#N)ccc2-c2ccc(-c3c4ccccc4c(-c4ccnc5ccccc45)c4ccccc34)cc21. The van der Waals surface area contributed by atoms with E-state index in [4.69, 9.17) is 0 Å². The molecule has 0 saturated heterocycles. The first-order valence-corrected chi connectivity index (χ1v) is 14.0. The summed E-state index contributed by atoms with van der Waals surface area (Å²) in [6, 6.07) is 43.5. The van der Waals surface area contributed by atoms with Gasteiger partial charge in [-0.2, -0.15) is 5.26 Å². The number of benzene rings is 6. The van der Waals surface area contributed by atoms with Crippen molar-refractivity contribution in [2.24, 2.45) is 0 Å². The first-order chi connectivity index (χ1) is 20.1. The van der Waals surface area contributed by atoms with Crippen molar-refractivity contribution in [1.29, 1.82) is 5.26 Å². The Morgan fingerprint density at radius 2 is 1.12 bits per heavy atom. The Morgan fingerprint density at radius 1 is 0.561 bits per heavy atom. The zero-order chi connectivity index (χ0) is 27.7. The quantitative estimate of drug-likeness (QED) is 0.212. The van der Waals surface area contributed by atoms with Crippen LogP contribution < -0.4 is 0 Å². The second kappa shape index (κ2) is 8.62. The van der Waals surface area contributed by atoms with Crippen molar-refractivity contribution in [3.63, 3.8) is 0 Å². The number of rotatable bonds is 2. The standard InChI is InChI=1S/C39H26N2/c1-39(2)34-21-24(23-40)15-17-26(34)27-18-16-25(22-35(27)39)37-29-10-3-5-12-31(29)38(32-13-6-4-11-30(32)37)33-19-20-41-36-14-8-7-9-28(33)36/h3-22H,1-2H3. The predicted octanol–water partition coefficient (Wildman–Crippen LogP) is 10.1. The van der Waals surface area contributed by atoms with Crippen molar-refractivity contribution >= 4 is 32.4 Å². The molecule has 2 heteroatoms. The Bertz CT molecular complexity index is 2190. The van der Waals surface area contributed by atoms with Crippen molar-refractivity contribution in [3.05, 3.63) is 138 Å². The minimum atomic E-state index is -0.199. The summed E-state index contributed by atoms with van der Waals surface area (Å²) >= 11 is 0. The van der Waals surface area contributed by atoms with Gasteiger partial charge in [-0.3, -0.25) is 4.98 Å². The molecule has 0 unspecified atom stereocenters. The van der Waals surface area contributed by atoms with Crippen LogP contribution in [0.5, 0.6) is 0 Å². The van der Waals surface area contributed by atoms with Crippen LogP contribution in [0.15, 0.2) is 121 Å². The Labute approximate surface area is 239 Å². The molecular formula is C39H26N2. The number of nitriles is 1. The van der Waals surface area contributed by atoms with Crippen LogP contribution in [0.2, 0.25) is 0 Å². The van der Waals surface area contributed by atoms with E-state index in [0.29, 0.717) is 5.56 Å². The molecule has 0 radical (unpaired) electrons. The van der Waals surface area contributed by atoms with E-state index in [1.54, 1.807) is 0 Å². The maximum absolute atomic E-state index is 9.56. The van der Waals surface area contributed by atoms with Crippen LogP contribution in [0.25, 0.3) is 65.8 Å². The average Bonchev–Trinajstić information content (AvgIpc) is 3.24. The van der Waals surface area contributed by atoms with Gasteiger partial charge in [0.25, 0.3) is 0 Å². The Hall–Kier alpha value is -5.26. The molecule has 8 rings (SSSR count). The van der Waals surface area contributed by atoms with E-state index in [2.05, 4.69) is 128 Å². The highest BCUT2D eigenvalue weighted by Crippen LogP contribution is 2.51. The normalized spacial score (nSPS) is 13.3. The molecule has 192 valence electrons. The molecule has 0 amide bonds. The fourth-order valence-electron chi connectivity index (χ4n) is 7.01. The van der Waals surface area contributed by atoms with Crippen LogP contribution in [0.1, 0.15) is 30.5 Å². The maximum Gasteiger partial charge on any atom is 0.0991 e. The Balaban J connectivity index is 1.44. The molecule has 0 atom stereocenters. The van der Waals surface area contributed by atoms with Crippen LogP contribution in [-0.4, -0.2) is 4.98 Å². The molecule has 0 N–H and O–H groups in total. The Kier molecular flexibility index (Phi) is 4.96. The van der Waals surface area contributed by atoms with E-state index in [1.165, 1.54) is 66.1 Å². The fourth-order valence-corrected chi connectivity index (χ4v) is 7.01. The molecule has 0 saturated carbocycles. The van der Waals surface area contributed by atoms with Gasteiger partial charge in [-0.1, -0.05) is 98.8 Å². The molecule has 1 aliphatic carbocycles. The number of hydrogen-bond donors (Lipinski definition) is 0. The van der Waals surface area contributed by atoms with Gasteiger partial charge in [0.15, 0.2) is 0 Å². The van der Waals surface area contributed by atoms with Crippen LogP contribution in [0.3, 0.4) is 0 Å². The topological polar surface area (TPSA) is 36.7 Å². The lowest BCUT2D eigenvalue weighted by atomic mass is 9.80. The van der Waals surface area contributed by atoms with Crippen LogP contribution in [0, 0.1) is 11.3 Å². The second-order valence-corrected chi connectivity index (χ2v) is 11.5. The van der Waals surface area contributed by atoms with Crippen molar-refractivity contribution < 1.29 is 0 Å². The minimum absolute atomic E-state index is 0.199. The molecule has 1 heterocycles. The number of hydrogen-bond acceptors (Lipinski definition) is 2. The van der Waals surface area contributed by atoms with Crippen molar-refractivity contribution in [2.75, 3.05) is 0 Å². The number of para-hydroxylation sites is 1. The molecular weight excluding hydrogens is 496 g/mol. The van der Waals surface area contributed by atoms with E-state index in [-0.39, 0.29) is 5.41 Å². The molecule has 0 fully saturated rings. The molecule has 0 bridgehead atoms. The third-order valence-electron chi connectivity index (χ3n) is 8.94. The van der Waals surface area contributed by atoms with Gasteiger partial charge in [0.05, 0.1) is 17.1 Å². The molecule has 6 aromatic carbocycles. The van der Waals surface area contributed by atoms with Gasteiger partial charge in [-0.05, 0) is 96.4 Å². The first kappa shape index (κ1) is 23.6. The third-order valence-corrected chi connectivity index (χ3v) is 8.94. The van der Waals surface area contributed by atoms with Crippen LogP contribution in [0.4, 0.5) is 0 Å². The van der Waals surface area contributed by atoms with E-state index in [1.807, 2.05) is 18.3 Å². The zero-order valence-corrected chi connectivity index (χ0v) is 22.9. The molecule has 0 spiro atoms. The molecule has 41 heavy (non-hydrogen) atoms. The monoisotopic (exact) mass is 522 g/mol. The van der Waals surface area contributed by atoms with Gasteiger partial charge in [0, 0.05) is 17.0 Å². The summed E-state index contributed by atoms with van der Waals surface area (Å²) in [6.07, 6.45) is 1.92. The largest absolute Gasteiger partial charge is 0.256 e. The third kappa shape index (κ3) is 3.33. The summed E-state index contributed by atoms with van der Waals surface area (Å²) in [5, 5.41) is 15.7. The smallest absolute Gasteiger partial charge is 0.0991 e. The highest BCUT2D eigenvalue weighted by atomic mass is 14.6. The lowest BCUT2D eigenvalue weighted by molar-refractivity contribution is 0.660. The van der Waals surface area contributed by atoms with Gasteiger partial charge in [0.2, 0.25) is 0 Å². The van der Waals surface area contributed by atoms with E-state index in [9.17, 15) is 5.26 Å². The Morgan fingerprint density at radius 3 is 1.78 bits per heavy atom. The lowest BCUT2D eigenvalue weighted by Gasteiger charge is -2.23. The predicted molar refractivity (Wildman–Crippen MR) is 170 cm³/mol. The highest BCUT2D eigenvalue weighted by Gasteiger charge is 2.36. The van der Waals surface area contributed by atoms with E-state index < -0.39 is 0 Å². The number of pyridine rings is 1. The average molecular weight is 523 g/mol. The lowest BCUT2D eigenvalue weighted by Crippen LogP contribution is -2.15. The van der Waals surface area contributed by atoms with Gasteiger partial charge < -0.3 is 0 Å². The van der Waals surface area contributed by atoms with Crippen molar-refractivity contribution in [2.45, 2.75) is 19.3 Å². The van der Waals surface area contributed by atoms with Gasteiger partial charge in [-0.15, -0.1) is 0 Å². The summed E-state index contributed by atoms with van der Waals surface area (Å²) < 4.78 is 0. The summed E-state index contributed by atoms with van der Waals surface area (Å²) in [5.41, 5.74) is 11.4. The van der Waals surface area contributed by atoms with Crippen molar-refractivity contribution in [1.82, 2.24) is 4.98 Å². The molecule has 7 aromatic rings. The van der Waals surface area contributed by atoms with Gasteiger partial charge in [0.1, 0.15) is 0 Å². The summed E-state index contributed by atoms with van der Waals surface area (Å²) in [6.45, 7) is 4.55. The zero-order valence-electron chi connectivity index (χ0n) is 22.9. The van der Waals surface area contributed by atoms with E-state index >= 15 is 0 Å². The summed E-state index contributed by atoms with van der Waals surface area (Å²) in [7, 11) is 0. The summed E-state index contributed by atoms with van der Waals surface area (Å²) in [5.74, 6) is 0. The maximum atomic E-state index is 9.56.